The fourth-order valence-corrected chi connectivity index (χ4v) is 10.4. The highest BCUT2D eigenvalue weighted by Gasteiger charge is 2.19. The first-order valence-electron chi connectivity index (χ1n) is 34.5. The van der Waals surface area contributed by atoms with Crippen molar-refractivity contribution in [2.24, 2.45) is 0 Å². The summed E-state index contributed by atoms with van der Waals surface area (Å²) in [6, 6.07) is 0. The van der Waals surface area contributed by atoms with Crippen molar-refractivity contribution in [1.82, 2.24) is 0 Å². The molecule has 0 rings (SSSR count). The standard InChI is InChI=1S/C71H132O6/c1-4-7-10-13-16-19-22-25-27-28-29-30-31-32-33-34-35-36-37-38-39-40-41-42-43-44-45-47-49-52-55-58-61-64-70(73)76-67-68(66-75-69(72)63-60-57-54-51-48-24-21-18-15-12-9-6-3)77-71(74)65-62-59-56-53-50-46-26-23-20-17-14-11-8-5-2/h14,17,23,26,28-29,68H,4-13,15-16,18-22,24-25,27,30-67H2,1-3H3/b17-14-,26-23-,29-28-. The Morgan fingerprint density at radius 3 is 0.766 bits per heavy atom. The number of esters is 3. The molecule has 1 unspecified atom stereocenters. The Balaban J connectivity index is 4.05. The second-order valence-corrected chi connectivity index (χ2v) is 23.4. The van der Waals surface area contributed by atoms with Crippen molar-refractivity contribution in [3.05, 3.63) is 36.5 Å². The van der Waals surface area contributed by atoms with Gasteiger partial charge in [0.05, 0.1) is 0 Å². The highest BCUT2D eigenvalue weighted by Crippen LogP contribution is 2.18. The van der Waals surface area contributed by atoms with Gasteiger partial charge in [-0.2, -0.15) is 0 Å². The van der Waals surface area contributed by atoms with Gasteiger partial charge in [-0.3, -0.25) is 14.4 Å². The van der Waals surface area contributed by atoms with Gasteiger partial charge in [0.15, 0.2) is 6.10 Å². The van der Waals surface area contributed by atoms with Gasteiger partial charge in [-0.05, 0) is 70.6 Å². The second kappa shape index (κ2) is 66.1. The lowest BCUT2D eigenvalue weighted by Gasteiger charge is -2.18. The zero-order chi connectivity index (χ0) is 55.7. The maximum absolute atomic E-state index is 12.9. The monoisotopic (exact) mass is 1080 g/mol. The normalized spacial score (nSPS) is 12.2. The van der Waals surface area contributed by atoms with Crippen LogP contribution in [0, 0.1) is 0 Å². The molecular weight excluding hydrogens is 949 g/mol. The fraction of sp³-hybridized carbons (Fsp3) is 0.873. The van der Waals surface area contributed by atoms with Gasteiger partial charge in [0.2, 0.25) is 0 Å². The predicted molar refractivity (Wildman–Crippen MR) is 335 cm³/mol. The number of hydrogen-bond acceptors (Lipinski definition) is 6. The van der Waals surface area contributed by atoms with Crippen LogP contribution in [0.15, 0.2) is 36.5 Å². The third kappa shape index (κ3) is 64.3. The van der Waals surface area contributed by atoms with E-state index >= 15 is 0 Å². The van der Waals surface area contributed by atoms with E-state index in [0.29, 0.717) is 19.3 Å². The second-order valence-electron chi connectivity index (χ2n) is 23.4. The van der Waals surface area contributed by atoms with E-state index in [1.54, 1.807) is 0 Å². The molecule has 0 fully saturated rings. The Morgan fingerprint density at radius 1 is 0.260 bits per heavy atom. The maximum atomic E-state index is 12.9. The summed E-state index contributed by atoms with van der Waals surface area (Å²) in [5.74, 6) is -0.863. The number of carbonyl (C=O) groups excluding carboxylic acids is 3. The lowest BCUT2D eigenvalue weighted by atomic mass is 10.0. The number of ether oxygens (including phenoxy) is 3. The van der Waals surface area contributed by atoms with E-state index in [4.69, 9.17) is 14.2 Å². The first-order valence-corrected chi connectivity index (χ1v) is 34.5. The molecule has 0 amide bonds. The first-order chi connectivity index (χ1) is 38.0. The highest BCUT2D eigenvalue weighted by atomic mass is 16.6. The molecule has 0 aliphatic rings. The zero-order valence-corrected chi connectivity index (χ0v) is 52.0. The molecule has 0 aromatic carbocycles. The maximum Gasteiger partial charge on any atom is 0.306 e. The van der Waals surface area contributed by atoms with E-state index < -0.39 is 6.10 Å². The van der Waals surface area contributed by atoms with Crippen LogP contribution in [0.1, 0.15) is 380 Å². The molecule has 0 spiro atoms. The van der Waals surface area contributed by atoms with Gasteiger partial charge in [-0.25, -0.2) is 0 Å². The van der Waals surface area contributed by atoms with Crippen LogP contribution in [0.2, 0.25) is 0 Å². The number of rotatable bonds is 64. The third-order valence-corrected chi connectivity index (χ3v) is 15.6. The summed E-state index contributed by atoms with van der Waals surface area (Å²) in [6.45, 7) is 6.64. The lowest BCUT2D eigenvalue weighted by Crippen LogP contribution is -2.30. The summed E-state index contributed by atoms with van der Waals surface area (Å²) < 4.78 is 16.9. The Kier molecular flexibility index (Phi) is 64.1. The third-order valence-electron chi connectivity index (χ3n) is 15.6. The number of allylic oxidation sites excluding steroid dienone is 6. The Bertz CT molecular complexity index is 1290. The molecule has 0 aliphatic heterocycles. The van der Waals surface area contributed by atoms with Crippen LogP contribution in [0.5, 0.6) is 0 Å². The Hall–Kier alpha value is -2.37. The molecule has 77 heavy (non-hydrogen) atoms. The number of unbranched alkanes of at least 4 members (excludes halogenated alkanes) is 47. The van der Waals surface area contributed by atoms with E-state index in [2.05, 4.69) is 57.2 Å². The summed E-state index contributed by atoms with van der Waals surface area (Å²) in [7, 11) is 0. The molecule has 0 saturated heterocycles. The molecule has 6 heteroatoms. The Labute approximate surface area is 480 Å². The number of hydrogen-bond donors (Lipinski definition) is 0. The van der Waals surface area contributed by atoms with Gasteiger partial charge in [-0.1, -0.05) is 327 Å². The summed E-state index contributed by atoms with van der Waals surface area (Å²) in [6.07, 6.45) is 81.9. The van der Waals surface area contributed by atoms with E-state index in [0.717, 1.165) is 83.5 Å². The van der Waals surface area contributed by atoms with Crippen molar-refractivity contribution in [2.75, 3.05) is 13.2 Å². The van der Waals surface area contributed by atoms with Crippen LogP contribution in [0.4, 0.5) is 0 Å². The molecule has 1 atom stereocenters. The van der Waals surface area contributed by atoms with E-state index in [1.807, 2.05) is 0 Å². The van der Waals surface area contributed by atoms with Gasteiger partial charge in [-0.15, -0.1) is 0 Å². The minimum absolute atomic E-state index is 0.0726. The lowest BCUT2D eigenvalue weighted by molar-refractivity contribution is -0.167. The molecule has 0 N–H and O–H groups in total. The molecule has 0 saturated carbocycles. The van der Waals surface area contributed by atoms with E-state index in [-0.39, 0.29) is 31.1 Å². The van der Waals surface area contributed by atoms with Crippen molar-refractivity contribution < 1.29 is 28.6 Å². The van der Waals surface area contributed by atoms with Crippen molar-refractivity contribution in [3.63, 3.8) is 0 Å². The average Bonchev–Trinajstić information content (AvgIpc) is 3.43. The summed E-state index contributed by atoms with van der Waals surface area (Å²) in [5.41, 5.74) is 0. The van der Waals surface area contributed by atoms with Crippen molar-refractivity contribution >= 4 is 17.9 Å². The minimum atomic E-state index is -0.776. The fourth-order valence-electron chi connectivity index (χ4n) is 10.4. The molecule has 0 aromatic heterocycles. The van der Waals surface area contributed by atoms with Crippen molar-refractivity contribution in [1.29, 1.82) is 0 Å². The van der Waals surface area contributed by atoms with E-state index in [1.165, 1.54) is 257 Å². The van der Waals surface area contributed by atoms with Crippen LogP contribution in [0.25, 0.3) is 0 Å². The molecule has 0 radical (unpaired) electrons. The molecule has 0 aromatic rings. The summed E-state index contributed by atoms with van der Waals surface area (Å²) in [4.78, 5) is 38.2. The smallest absolute Gasteiger partial charge is 0.306 e. The molecular formula is C71H132O6. The van der Waals surface area contributed by atoms with Gasteiger partial charge in [0, 0.05) is 19.3 Å². The van der Waals surface area contributed by atoms with Gasteiger partial charge in [0.1, 0.15) is 13.2 Å². The summed E-state index contributed by atoms with van der Waals surface area (Å²) in [5, 5.41) is 0. The number of carbonyl (C=O) groups is 3. The van der Waals surface area contributed by atoms with Crippen LogP contribution >= 0.6 is 0 Å². The van der Waals surface area contributed by atoms with Crippen LogP contribution in [-0.4, -0.2) is 37.2 Å². The molecule has 0 aliphatic carbocycles. The van der Waals surface area contributed by atoms with E-state index in [9.17, 15) is 14.4 Å². The SMILES string of the molecule is CCCC/C=C\C/C=C\CCCCCCCC(=O)OC(COC(=O)CCCCCCCCCCCCCC)COC(=O)CCCCCCCCCCCCCCCCCCCCCCC/C=C\CCCCCCCCCC. The molecule has 6 nitrogen and oxygen atoms in total. The summed E-state index contributed by atoms with van der Waals surface area (Å²) >= 11 is 0. The van der Waals surface area contributed by atoms with Crippen molar-refractivity contribution in [3.8, 4) is 0 Å². The van der Waals surface area contributed by atoms with Crippen LogP contribution < -0.4 is 0 Å². The molecule has 0 heterocycles. The zero-order valence-electron chi connectivity index (χ0n) is 52.0. The minimum Gasteiger partial charge on any atom is -0.462 e. The molecule has 452 valence electrons. The van der Waals surface area contributed by atoms with Gasteiger partial charge < -0.3 is 14.2 Å². The quantitative estimate of drug-likeness (QED) is 0.0261. The average molecular weight is 1080 g/mol. The highest BCUT2D eigenvalue weighted by molar-refractivity contribution is 5.71. The topological polar surface area (TPSA) is 78.9 Å². The largest absolute Gasteiger partial charge is 0.462 e. The molecule has 0 bridgehead atoms. The Morgan fingerprint density at radius 2 is 0.481 bits per heavy atom. The van der Waals surface area contributed by atoms with Gasteiger partial charge in [0.25, 0.3) is 0 Å². The predicted octanol–water partition coefficient (Wildman–Crippen LogP) is 23.6. The van der Waals surface area contributed by atoms with Crippen LogP contribution in [-0.2, 0) is 28.6 Å². The van der Waals surface area contributed by atoms with Crippen LogP contribution in [0.3, 0.4) is 0 Å². The van der Waals surface area contributed by atoms with Gasteiger partial charge >= 0.3 is 17.9 Å². The first kappa shape index (κ1) is 74.6. The van der Waals surface area contributed by atoms with Crippen molar-refractivity contribution in [2.45, 2.75) is 386 Å².